The first-order valence-corrected chi connectivity index (χ1v) is 6.94. The third-order valence-corrected chi connectivity index (χ3v) is 2.94. The van der Waals surface area contributed by atoms with Crippen molar-refractivity contribution in [3.8, 4) is 0 Å². The molecule has 0 aliphatic heterocycles. The maximum absolute atomic E-state index is 12.3. The van der Waals surface area contributed by atoms with Gasteiger partial charge in [-0.15, -0.1) is 0 Å². The molecule has 5 heteroatoms. The fraction of sp³-hybridized carbons (Fsp3) is 0.583. The SMILES string of the molecule is CCc1nnc(C)cc1C(=O)N(CC)CCBr. The summed E-state index contributed by atoms with van der Waals surface area (Å²) in [4.78, 5) is 14.1. The molecule has 0 spiro atoms. The molecular formula is C12H18BrN3O. The van der Waals surface area contributed by atoms with Crippen LogP contribution in [0.4, 0.5) is 0 Å². The third kappa shape index (κ3) is 3.49. The topological polar surface area (TPSA) is 46.1 Å². The number of aryl methyl sites for hydroxylation is 2. The minimum atomic E-state index is 0.0433. The molecule has 1 aromatic heterocycles. The van der Waals surface area contributed by atoms with Crippen molar-refractivity contribution < 1.29 is 4.79 Å². The molecule has 94 valence electrons. The molecule has 1 heterocycles. The lowest BCUT2D eigenvalue weighted by molar-refractivity contribution is 0.0773. The van der Waals surface area contributed by atoms with E-state index in [9.17, 15) is 4.79 Å². The fourth-order valence-corrected chi connectivity index (χ4v) is 2.06. The van der Waals surface area contributed by atoms with E-state index in [0.717, 1.165) is 23.1 Å². The van der Waals surface area contributed by atoms with Crippen LogP contribution in [-0.4, -0.2) is 39.4 Å². The summed E-state index contributed by atoms with van der Waals surface area (Å²) in [6, 6.07) is 1.82. The Morgan fingerprint density at radius 3 is 2.65 bits per heavy atom. The number of carbonyl (C=O) groups excluding carboxylic acids is 1. The van der Waals surface area contributed by atoms with Crippen LogP contribution in [0.25, 0.3) is 0 Å². The molecule has 0 N–H and O–H groups in total. The summed E-state index contributed by atoms with van der Waals surface area (Å²) >= 11 is 3.36. The number of nitrogens with zero attached hydrogens (tertiary/aromatic N) is 3. The second kappa shape index (κ2) is 6.69. The van der Waals surface area contributed by atoms with Crippen LogP contribution in [0.1, 0.15) is 35.6 Å². The maximum Gasteiger partial charge on any atom is 0.255 e. The minimum Gasteiger partial charge on any atom is -0.338 e. The number of hydrogen-bond donors (Lipinski definition) is 0. The van der Waals surface area contributed by atoms with Gasteiger partial charge in [-0.25, -0.2) is 0 Å². The summed E-state index contributed by atoms with van der Waals surface area (Å²) in [5.41, 5.74) is 2.23. The third-order valence-electron chi connectivity index (χ3n) is 2.58. The average Bonchev–Trinajstić information content (AvgIpc) is 2.35. The summed E-state index contributed by atoms with van der Waals surface area (Å²) in [7, 11) is 0. The van der Waals surface area contributed by atoms with E-state index < -0.39 is 0 Å². The molecular weight excluding hydrogens is 282 g/mol. The van der Waals surface area contributed by atoms with E-state index in [2.05, 4.69) is 26.1 Å². The number of aromatic nitrogens is 2. The van der Waals surface area contributed by atoms with Crippen LogP contribution in [0.3, 0.4) is 0 Å². The smallest absolute Gasteiger partial charge is 0.255 e. The van der Waals surface area contributed by atoms with Gasteiger partial charge in [0.15, 0.2) is 0 Å². The van der Waals surface area contributed by atoms with Crippen LogP contribution in [0.5, 0.6) is 0 Å². The normalized spacial score (nSPS) is 10.4. The molecule has 0 aliphatic carbocycles. The van der Waals surface area contributed by atoms with Crippen LogP contribution in [0, 0.1) is 6.92 Å². The van der Waals surface area contributed by atoms with Crippen LogP contribution < -0.4 is 0 Å². The molecule has 4 nitrogen and oxygen atoms in total. The van der Waals surface area contributed by atoms with Gasteiger partial charge < -0.3 is 4.90 Å². The first-order valence-electron chi connectivity index (χ1n) is 5.82. The van der Waals surface area contributed by atoms with Gasteiger partial charge >= 0.3 is 0 Å². The summed E-state index contributed by atoms with van der Waals surface area (Å²) < 4.78 is 0. The van der Waals surface area contributed by atoms with E-state index in [-0.39, 0.29) is 5.91 Å². The van der Waals surface area contributed by atoms with Crippen molar-refractivity contribution in [2.24, 2.45) is 0 Å². The van der Waals surface area contributed by atoms with Gasteiger partial charge in [-0.3, -0.25) is 4.79 Å². The van der Waals surface area contributed by atoms with Gasteiger partial charge in [0.1, 0.15) is 0 Å². The molecule has 0 saturated carbocycles. The van der Waals surface area contributed by atoms with Gasteiger partial charge in [-0.1, -0.05) is 22.9 Å². The predicted octanol–water partition coefficient (Wildman–Crippen LogP) is 2.20. The molecule has 0 unspecified atom stereocenters. The molecule has 0 aromatic carbocycles. The van der Waals surface area contributed by atoms with E-state index in [4.69, 9.17) is 0 Å². The van der Waals surface area contributed by atoms with Crippen molar-refractivity contribution in [3.63, 3.8) is 0 Å². The zero-order valence-electron chi connectivity index (χ0n) is 10.5. The van der Waals surface area contributed by atoms with Gasteiger partial charge in [-0.05, 0) is 26.3 Å². The monoisotopic (exact) mass is 299 g/mol. The highest BCUT2D eigenvalue weighted by Gasteiger charge is 2.18. The van der Waals surface area contributed by atoms with Gasteiger partial charge in [0.05, 0.1) is 17.0 Å². The number of hydrogen-bond acceptors (Lipinski definition) is 3. The molecule has 0 aliphatic rings. The number of alkyl halides is 1. The highest BCUT2D eigenvalue weighted by atomic mass is 79.9. The predicted molar refractivity (Wildman–Crippen MR) is 71.5 cm³/mol. The molecule has 1 rings (SSSR count). The largest absolute Gasteiger partial charge is 0.338 e. The van der Waals surface area contributed by atoms with Crippen molar-refractivity contribution in [2.45, 2.75) is 27.2 Å². The van der Waals surface area contributed by atoms with E-state index in [1.165, 1.54) is 0 Å². The number of carbonyl (C=O) groups is 1. The average molecular weight is 300 g/mol. The van der Waals surface area contributed by atoms with E-state index >= 15 is 0 Å². The lowest BCUT2D eigenvalue weighted by atomic mass is 10.1. The maximum atomic E-state index is 12.3. The Bertz CT molecular complexity index is 395. The van der Waals surface area contributed by atoms with Crippen molar-refractivity contribution >= 4 is 21.8 Å². The first-order chi connectivity index (χ1) is 8.13. The minimum absolute atomic E-state index is 0.0433. The number of halogens is 1. The molecule has 1 amide bonds. The Hall–Kier alpha value is -0.970. The van der Waals surface area contributed by atoms with Gasteiger partial charge in [-0.2, -0.15) is 10.2 Å². The number of amides is 1. The Labute approximate surface area is 111 Å². The summed E-state index contributed by atoms with van der Waals surface area (Å²) in [5, 5.41) is 8.86. The molecule has 0 bridgehead atoms. The first kappa shape index (κ1) is 14.1. The van der Waals surface area contributed by atoms with Crippen molar-refractivity contribution in [3.05, 3.63) is 23.0 Å². The molecule has 0 atom stereocenters. The van der Waals surface area contributed by atoms with E-state index in [0.29, 0.717) is 18.7 Å². The zero-order valence-corrected chi connectivity index (χ0v) is 12.1. The Balaban J connectivity index is 3.04. The van der Waals surface area contributed by atoms with Gasteiger partial charge in [0.2, 0.25) is 0 Å². The highest BCUT2D eigenvalue weighted by Crippen LogP contribution is 2.11. The summed E-state index contributed by atoms with van der Waals surface area (Å²) in [5.74, 6) is 0.0433. The Kier molecular flexibility index (Phi) is 5.55. The highest BCUT2D eigenvalue weighted by molar-refractivity contribution is 9.09. The van der Waals surface area contributed by atoms with Crippen molar-refractivity contribution in [1.82, 2.24) is 15.1 Å². The lowest BCUT2D eigenvalue weighted by Gasteiger charge is -2.20. The molecule has 0 saturated heterocycles. The second-order valence-corrected chi connectivity index (χ2v) is 4.57. The van der Waals surface area contributed by atoms with Gasteiger partial charge in [0, 0.05) is 18.4 Å². The van der Waals surface area contributed by atoms with Crippen molar-refractivity contribution in [1.29, 1.82) is 0 Å². The molecule has 17 heavy (non-hydrogen) atoms. The summed E-state index contributed by atoms with van der Waals surface area (Å²) in [6.45, 7) is 7.23. The van der Waals surface area contributed by atoms with Gasteiger partial charge in [0.25, 0.3) is 5.91 Å². The lowest BCUT2D eigenvalue weighted by Crippen LogP contribution is -2.33. The summed E-state index contributed by atoms with van der Waals surface area (Å²) in [6.07, 6.45) is 0.722. The standard InChI is InChI=1S/C12H18BrN3O/c1-4-11-10(8-9(3)14-15-11)12(17)16(5-2)7-6-13/h8H,4-7H2,1-3H3. The molecule has 1 aromatic rings. The van der Waals surface area contributed by atoms with Crippen LogP contribution >= 0.6 is 15.9 Å². The molecule has 0 radical (unpaired) electrons. The number of rotatable bonds is 5. The Morgan fingerprint density at radius 2 is 2.12 bits per heavy atom. The van der Waals surface area contributed by atoms with Crippen LogP contribution in [0.15, 0.2) is 6.07 Å². The second-order valence-electron chi connectivity index (χ2n) is 3.77. The fourth-order valence-electron chi connectivity index (χ4n) is 1.64. The van der Waals surface area contributed by atoms with E-state index in [1.54, 1.807) is 0 Å². The Morgan fingerprint density at radius 1 is 1.41 bits per heavy atom. The van der Waals surface area contributed by atoms with E-state index in [1.807, 2.05) is 31.7 Å². The molecule has 0 fully saturated rings. The van der Waals surface area contributed by atoms with Crippen LogP contribution in [-0.2, 0) is 6.42 Å². The van der Waals surface area contributed by atoms with Crippen LogP contribution in [0.2, 0.25) is 0 Å². The zero-order chi connectivity index (χ0) is 12.8. The quantitative estimate of drug-likeness (QED) is 0.783. The van der Waals surface area contributed by atoms with Crippen molar-refractivity contribution in [2.75, 3.05) is 18.4 Å².